The van der Waals surface area contributed by atoms with Crippen molar-refractivity contribution < 1.29 is 33.3 Å². The maximum Gasteiger partial charge on any atom is 0.407 e. The lowest BCUT2D eigenvalue weighted by molar-refractivity contribution is 0.0937. The molecule has 2 N–H and O–H groups in total. The van der Waals surface area contributed by atoms with Crippen LogP contribution >= 0.6 is 0 Å². The highest BCUT2D eigenvalue weighted by Gasteiger charge is 2.34. The van der Waals surface area contributed by atoms with E-state index < -0.39 is 17.8 Å². The van der Waals surface area contributed by atoms with Crippen LogP contribution in [0.15, 0.2) is 60.9 Å². The first kappa shape index (κ1) is 25.3. The van der Waals surface area contributed by atoms with E-state index in [1.807, 2.05) is 12.1 Å². The second kappa shape index (κ2) is 11.4. The van der Waals surface area contributed by atoms with Gasteiger partial charge in [0.2, 0.25) is 6.79 Å². The number of rotatable bonds is 8. The number of carbonyl (C=O) groups excluding carboxylic acids is 1. The van der Waals surface area contributed by atoms with Gasteiger partial charge in [-0.2, -0.15) is 0 Å². The Labute approximate surface area is 219 Å². The van der Waals surface area contributed by atoms with Crippen LogP contribution in [0, 0.1) is 11.7 Å². The number of pyridine rings is 1. The van der Waals surface area contributed by atoms with Gasteiger partial charge in [-0.25, -0.2) is 9.18 Å². The molecule has 10 heteroatoms. The normalized spacial score (nSPS) is 18.2. The molecule has 1 fully saturated rings. The maximum absolute atomic E-state index is 14.7. The minimum Gasteiger partial charge on any atom is -0.493 e. The summed E-state index contributed by atoms with van der Waals surface area (Å²) in [6, 6.07) is 13.5. The third-order valence-corrected chi connectivity index (χ3v) is 6.90. The fraction of sp³-hybridized carbons (Fsp3) is 0.321. The molecule has 0 spiro atoms. The Kier molecular flexibility index (Phi) is 7.57. The molecule has 198 valence electrons. The van der Waals surface area contributed by atoms with Crippen LogP contribution in [0.2, 0.25) is 0 Å². The first-order valence-electron chi connectivity index (χ1n) is 12.4. The quantitative estimate of drug-likeness (QED) is 0.460. The van der Waals surface area contributed by atoms with Gasteiger partial charge in [0.05, 0.1) is 12.2 Å². The maximum atomic E-state index is 14.7. The number of likely N-dealkylation sites (tertiary alicyclic amines) is 1. The summed E-state index contributed by atoms with van der Waals surface area (Å²) in [6.07, 6.45) is 3.51. The van der Waals surface area contributed by atoms with E-state index >= 15 is 0 Å². The van der Waals surface area contributed by atoms with E-state index in [9.17, 15) is 19.1 Å². The minimum absolute atomic E-state index is 0.0372. The number of nitrogens with zero attached hydrogens (tertiary/aromatic N) is 2. The number of ether oxygens (including phenoxy) is 3. The summed E-state index contributed by atoms with van der Waals surface area (Å²) >= 11 is 0. The molecule has 1 aromatic heterocycles. The van der Waals surface area contributed by atoms with E-state index in [-0.39, 0.29) is 37.3 Å². The van der Waals surface area contributed by atoms with Crippen LogP contribution in [0.5, 0.6) is 17.2 Å². The fourth-order valence-corrected chi connectivity index (χ4v) is 4.89. The van der Waals surface area contributed by atoms with E-state index in [1.165, 1.54) is 11.0 Å². The fourth-order valence-electron chi connectivity index (χ4n) is 4.89. The number of carbonyl (C=O) groups is 2. The van der Waals surface area contributed by atoms with Crippen LogP contribution in [0.25, 0.3) is 0 Å². The number of amides is 2. The van der Waals surface area contributed by atoms with Gasteiger partial charge in [-0.3, -0.25) is 9.78 Å². The van der Waals surface area contributed by atoms with Crippen molar-refractivity contribution in [2.45, 2.75) is 18.8 Å². The Hall–Kier alpha value is -4.34. The van der Waals surface area contributed by atoms with Crippen LogP contribution in [-0.4, -0.2) is 60.0 Å². The number of aromatic nitrogens is 1. The number of hydrogen-bond acceptors (Lipinski definition) is 6. The Morgan fingerprint density at radius 2 is 2.03 bits per heavy atom. The molecule has 0 bridgehead atoms. The standard InChI is InChI=1S/C28H28FN3O6/c29-24-5-3-19(12-23(24)27(33)31-10-7-18-2-1-9-30-14-18)22-8-11-32(28(34)35)15-20(22)16-36-21-4-6-25-26(13-21)38-17-37-25/h1-6,9,12-14,20,22H,7-8,10-11,15-17H2,(H,31,33)(H,34,35)/t20-,22-/m0/s1. The first-order chi connectivity index (χ1) is 18.5. The highest BCUT2D eigenvalue weighted by atomic mass is 19.1. The molecule has 2 atom stereocenters. The summed E-state index contributed by atoms with van der Waals surface area (Å²) in [6.45, 7) is 1.33. The number of piperidine rings is 1. The van der Waals surface area contributed by atoms with Crippen molar-refractivity contribution >= 4 is 12.0 Å². The summed E-state index contributed by atoms with van der Waals surface area (Å²) in [5.41, 5.74) is 1.70. The smallest absolute Gasteiger partial charge is 0.407 e. The van der Waals surface area contributed by atoms with E-state index in [2.05, 4.69) is 10.3 Å². The first-order valence-corrected chi connectivity index (χ1v) is 12.4. The van der Waals surface area contributed by atoms with Gasteiger partial charge >= 0.3 is 6.09 Å². The van der Waals surface area contributed by atoms with Crippen molar-refractivity contribution in [3.8, 4) is 17.2 Å². The van der Waals surface area contributed by atoms with Crippen molar-refractivity contribution in [3.05, 3.63) is 83.4 Å². The predicted octanol–water partition coefficient (Wildman–Crippen LogP) is 4.08. The Morgan fingerprint density at radius 1 is 1.16 bits per heavy atom. The number of hydrogen-bond donors (Lipinski definition) is 2. The average Bonchev–Trinajstić information content (AvgIpc) is 3.40. The molecule has 38 heavy (non-hydrogen) atoms. The second-order valence-electron chi connectivity index (χ2n) is 9.32. The molecule has 5 rings (SSSR count). The van der Waals surface area contributed by atoms with Crippen molar-refractivity contribution in [1.29, 1.82) is 0 Å². The van der Waals surface area contributed by atoms with E-state index in [4.69, 9.17) is 14.2 Å². The van der Waals surface area contributed by atoms with Gasteiger partial charge in [-0.05, 0) is 60.2 Å². The zero-order valence-electron chi connectivity index (χ0n) is 20.6. The van der Waals surface area contributed by atoms with Gasteiger partial charge in [0.15, 0.2) is 11.5 Å². The monoisotopic (exact) mass is 521 g/mol. The number of benzene rings is 2. The van der Waals surface area contributed by atoms with Crippen LogP contribution in [0.3, 0.4) is 0 Å². The molecule has 2 aliphatic heterocycles. The van der Waals surface area contributed by atoms with E-state index in [0.29, 0.717) is 43.2 Å². The predicted molar refractivity (Wildman–Crippen MR) is 135 cm³/mol. The molecule has 2 amide bonds. The second-order valence-corrected chi connectivity index (χ2v) is 9.32. The highest BCUT2D eigenvalue weighted by molar-refractivity contribution is 5.94. The number of fused-ring (bicyclic) bond motifs is 1. The number of halogens is 1. The Bertz CT molecular complexity index is 1310. The zero-order valence-corrected chi connectivity index (χ0v) is 20.6. The molecule has 2 aromatic carbocycles. The summed E-state index contributed by atoms with van der Waals surface area (Å²) in [5, 5.41) is 12.3. The Morgan fingerprint density at radius 3 is 2.84 bits per heavy atom. The van der Waals surface area contributed by atoms with E-state index in [1.54, 1.807) is 42.7 Å². The third-order valence-electron chi connectivity index (χ3n) is 6.90. The third kappa shape index (κ3) is 5.80. The molecule has 0 saturated carbocycles. The van der Waals surface area contributed by atoms with Crippen LogP contribution in [0.4, 0.5) is 9.18 Å². The lowest BCUT2D eigenvalue weighted by Crippen LogP contribution is -2.44. The SMILES string of the molecule is O=C(NCCc1cccnc1)c1cc([C@@H]2CCN(C(=O)O)C[C@H]2COc2ccc3c(c2)OCO3)ccc1F. The zero-order chi connectivity index (χ0) is 26.5. The lowest BCUT2D eigenvalue weighted by atomic mass is 9.80. The molecule has 3 aromatic rings. The van der Waals surface area contributed by atoms with Crippen LogP contribution < -0.4 is 19.5 Å². The lowest BCUT2D eigenvalue weighted by Gasteiger charge is -2.37. The van der Waals surface area contributed by atoms with Crippen molar-refractivity contribution in [2.24, 2.45) is 5.92 Å². The largest absolute Gasteiger partial charge is 0.493 e. The Balaban J connectivity index is 1.29. The molecule has 0 aliphatic carbocycles. The van der Waals surface area contributed by atoms with Crippen molar-refractivity contribution in [3.63, 3.8) is 0 Å². The molecule has 0 radical (unpaired) electrons. The van der Waals surface area contributed by atoms with Gasteiger partial charge in [0.25, 0.3) is 5.91 Å². The topological polar surface area (TPSA) is 110 Å². The molecule has 1 saturated heterocycles. The van der Waals surface area contributed by atoms with Crippen LogP contribution in [0.1, 0.15) is 33.8 Å². The molecular formula is C28H28FN3O6. The van der Waals surface area contributed by atoms with Gasteiger partial charge in [-0.15, -0.1) is 0 Å². The highest BCUT2D eigenvalue weighted by Crippen LogP contribution is 2.37. The average molecular weight is 522 g/mol. The van der Waals surface area contributed by atoms with Gasteiger partial charge in [-0.1, -0.05) is 12.1 Å². The molecule has 0 unspecified atom stereocenters. The molecule has 2 aliphatic rings. The number of carboxylic acid groups (broad SMARTS) is 1. The van der Waals surface area contributed by atoms with Gasteiger partial charge in [0, 0.05) is 44.0 Å². The van der Waals surface area contributed by atoms with Crippen LogP contribution in [-0.2, 0) is 6.42 Å². The summed E-state index contributed by atoms with van der Waals surface area (Å²) in [5.74, 6) is 0.371. The molecular weight excluding hydrogens is 493 g/mol. The summed E-state index contributed by atoms with van der Waals surface area (Å²) in [4.78, 5) is 29.9. The van der Waals surface area contributed by atoms with Crippen molar-refractivity contribution in [1.82, 2.24) is 15.2 Å². The summed E-state index contributed by atoms with van der Waals surface area (Å²) < 4.78 is 31.5. The molecule has 9 nitrogen and oxygen atoms in total. The van der Waals surface area contributed by atoms with E-state index in [0.717, 1.165) is 11.1 Å². The van der Waals surface area contributed by atoms with Gasteiger partial charge in [0.1, 0.15) is 11.6 Å². The minimum atomic E-state index is -0.996. The number of nitrogens with one attached hydrogen (secondary N) is 1. The molecule has 3 heterocycles. The van der Waals surface area contributed by atoms with Gasteiger partial charge < -0.3 is 29.5 Å². The van der Waals surface area contributed by atoms with Crippen molar-refractivity contribution in [2.75, 3.05) is 33.0 Å². The summed E-state index contributed by atoms with van der Waals surface area (Å²) in [7, 11) is 0.